The largest absolute Gasteiger partial charge is 0.505 e. The molecule has 62 heavy (non-hydrogen) atoms. The van der Waals surface area contributed by atoms with Crippen LogP contribution in [0.1, 0.15) is 5.56 Å². The second-order valence-electron chi connectivity index (χ2n) is 12.1. The van der Waals surface area contributed by atoms with Gasteiger partial charge in [-0.2, -0.15) is 33.7 Å². The van der Waals surface area contributed by atoms with Crippen molar-refractivity contribution in [2.24, 2.45) is 20.5 Å². The fourth-order valence-corrected chi connectivity index (χ4v) is 10.1. The fraction of sp³-hybridized carbons (Fsp3) is 0.267. The molecule has 0 aliphatic rings. The maximum atomic E-state index is 13.0. The molecule has 6 N–H and O–H groups in total. The van der Waals surface area contributed by atoms with Crippen molar-refractivity contribution in [2.45, 2.75) is 26.5 Å². The predicted octanol–water partition coefficient (Wildman–Crippen LogP) is 3.42. The van der Waals surface area contributed by atoms with Crippen LogP contribution in [0, 0.1) is 6.92 Å². The van der Waals surface area contributed by atoms with Crippen LogP contribution in [-0.4, -0.2) is 120 Å². The first-order valence-electron chi connectivity index (χ1n) is 16.3. The quantitative estimate of drug-likeness (QED) is 0.0579. The van der Waals surface area contributed by atoms with Crippen LogP contribution in [0.4, 0.5) is 28.4 Å². The van der Waals surface area contributed by atoms with E-state index in [1.54, 1.807) is 0 Å². The predicted molar refractivity (Wildman–Crippen MR) is 213 cm³/mol. The van der Waals surface area contributed by atoms with Crippen molar-refractivity contribution in [1.82, 2.24) is 0 Å². The van der Waals surface area contributed by atoms with Crippen molar-refractivity contribution in [3.63, 3.8) is 0 Å². The fourth-order valence-electron chi connectivity index (χ4n) is 5.39. The van der Waals surface area contributed by atoms with E-state index in [1.165, 1.54) is 32.2 Å². The lowest BCUT2D eigenvalue weighted by atomic mass is 10.1. The molecule has 0 unspecified atom stereocenters. The molecule has 0 aromatic heterocycles. The van der Waals surface area contributed by atoms with Gasteiger partial charge in [0, 0.05) is 23.9 Å². The Bertz CT molecular complexity index is 3190. The molecule has 0 bridgehead atoms. The molecule has 0 fully saturated rings. The van der Waals surface area contributed by atoms with Gasteiger partial charge in [-0.25, -0.2) is 25.2 Å². The Labute approximate surface area is 353 Å². The average molecular weight is 992 g/mol. The van der Waals surface area contributed by atoms with Crippen LogP contribution in [0.2, 0.25) is 0 Å². The SMILES string of the molecule is CNc1ccc2c(O)c(N=Nc3cc(S(=O)(=O)CCOS(=O)(=O)O)cc(S(=O)(=O)O)c3OC)c(S(=O)(=O)O)cc2c1N=Nc1cc(C)c(S(=O)(=O)CCOS(=O)(=O)O)cc1OC. The second kappa shape index (κ2) is 18.4. The third-order valence-corrected chi connectivity index (χ3v) is 14.2. The number of hydrogen-bond donors (Lipinski definition) is 6. The number of methoxy groups -OCH3 is 2. The molecule has 0 saturated carbocycles. The smallest absolute Gasteiger partial charge is 0.397 e. The molecule has 4 aromatic rings. The summed E-state index contributed by atoms with van der Waals surface area (Å²) in [6.07, 6.45) is 0. The van der Waals surface area contributed by atoms with Gasteiger partial charge in [-0.15, -0.1) is 20.5 Å². The molecule has 4 rings (SSSR count). The van der Waals surface area contributed by atoms with Crippen LogP contribution in [0.5, 0.6) is 17.2 Å². The minimum atomic E-state index is -5.39. The van der Waals surface area contributed by atoms with E-state index in [4.69, 9.17) is 18.6 Å². The molecular weight excluding hydrogens is 959 g/mol. The van der Waals surface area contributed by atoms with E-state index in [0.29, 0.717) is 12.1 Å². The first kappa shape index (κ1) is 49.7. The van der Waals surface area contributed by atoms with E-state index in [2.05, 4.69) is 34.1 Å². The van der Waals surface area contributed by atoms with Crippen LogP contribution in [0.3, 0.4) is 0 Å². The summed E-state index contributed by atoms with van der Waals surface area (Å²) in [7, 11) is -26.3. The summed E-state index contributed by atoms with van der Waals surface area (Å²) >= 11 is 0. The average Bonchev–Trinajstić information content (AvgIpc) is 3.13. The van der Waals surface area contributed by atoms with E-state index in [1.807, 2.05) is 0 Å². The molecule has 4 aromatic carbocycles. The summed E-state index contributed by atoms with van der Waals surface area (Å²) in [6, 6.07) is 6.62. The van der Waals surface area contributed by atoms with Crippen molar-refractivity contribution in [3.8, 4) is 17.2 Å². The number of fused-ring (bicyclic) bond motifs is 1. The second-order valence-corrected chi connectivity index (χ2v) is 21.3. The van der Waals surface area contributed by atoms with Gasteiger partial charge in [0.15, 0.2) is 31.2 Å². The Morgan fingerprint density at radius 3 is 1.66 bits per heavy atom. The zero-order valence-electron chi connectivity index (χ0n) is 31.9. The minimum Gasteiger partial charge on any atom is -0.505 e. The van der Waals surface area contributed by atoms with Gasteiger partial charge in [0.2, 0.25) is 0 Å². The van der Waals surface area contributed by atoms with Gasteiger partial charge in [0.1, 0.15) is 38.3 Å². The molecule has 0 atom stereocenters. The van der Waals surface area contributed by atoms with Gasteiger partial charge in [-0.3, -0.25) is 18.2 Å². The third kappa shape index (κ3) is 11.9. The number of ether oxygens (including phenoxy) is 2. The van der Waals surface area contributed by atoms with E-state index in [9.17, 15) is 64.7 Å². The van der Waals surface area contributed by atoms with Crippen LogP contribution in [0.25, 0.3) is 10.8 Å². The highest BCUT2D eigenvalue weighted by Gasteiger charge is 2.29. The maximum absolute atomic E-state index is 13.0. The van der Waals surface area contributed by atoms with Crippen molar-refractivity contribution in [1.29, 1.82) is 0 Å². The Morgan fingerprint density at radius 1 is 0.597 bits per heavy atom. The van der Waals surface area contributed by atoms with Gasteiger partial charge < -0.3 is 19.9 Å². The zero-order chi connectivity index (χ0) is 46.8. The summed E-state index contributed by atoms with van der Waals surface area (Å²) in [6.45, 7) is -0.717. The van der Waals surface area contributed by atoms with Crippen molar-refractivity contribution in [3.05, 3.63) is 48.0 Å². The van der Waals surface area contributed by atoms with Gasteiger partial charge in [0.05, 0.1) is 54.4 Å². The molecule has 340 valence electrons. The number of nitrogens with zero attached hydrogens (tertiary/aromatic N) is 4. The summed E-state index contributed by atoms with van der Waals surface area (Å²) in [4.78, 5) is -3.66. The summed E-state index contributed by atoms with van der Waals surface area (Å²) in [5.41, 5.74) is -1.96. The number of nitrogens with one attached hydrogen (secondary N) is 1. The zero-order valence-corrected chi connectivity index (χ0v) is 36.8. The normalized spacial score (nSPS) is 13.3. The summed E-state index contributed by atoms with van der Waals surface area (Å²) in [5, 5.41) is 29.4. The van der Waals surface area contributed by atoms with Crippen molar-refractivity contribution in [2.75, 3.05) is 51.3 Å². The summed E-state index contributed by atoms with van der Waals surface area (Å²) in [5.74, 6) is -4.11. The number of aryl methyl sites for hydroxylation is 1. The molecule has 0 radical (unpaired) electrons. The number of sulfone groups is 2. The van der Waals surface area contributed by atoms with E-state index < -0.39 is 123 Å². The highest BCUT2D eigenvalue weighted by Crippen LogP contribution is 2.48. The number of hydrogen-bond acceptors (Lipinski definition) is 22. The monoisotopic (exact) mass is 991 g/mol. The van der Waals surface area contributed by atoms with Crippen LogP contribution in [-0.2, 0) is 69.1 Å². The summed E-state index contributed by atoms with van der Waals surface area (Å²) < 4.78 is 202. The van der Waals surface area contributed by atoms with E-state index in [-0.39, 0.29) is 44.0 Å². The number of phenolic OH excluding ortho intramolecular Hbond substituents is 1. The molecule has 0 amide bonds. The number of azo groups is 2. The topological polar surface area (TPSA) is 404 Å². The first-order valence-corrected chi connectivity index (χ1v) is 25.2. The number of phenols is 1. The van der Waals surface area contributed by atoms with Gasteiger partial charge in [-0.05, 0) is 48.9 Å². The van der Waals surface area contributed by atoms with Crippen LogP contribution < -0.4 is 14.8 Å². The van der Waals surface area contributed by atoms with Crippen molar-refractivity contribution < 1.29 is 91.7 Å². The minimum absolute atomic E-state index is 0.0642. The van der Waals surface area contributed by atoms with Gasteiger partial charge in [-0.1, -0.05) is 0 Å². The van der Waals surface area contributed by atoms with Crippen LogP contribution in [0.15, 0.2) is 82.5 Å². The van der Waals surface area contributed by atoms with Crippen molar-refractivity contribution >= 4 is 99.9 Å². The van der Waals surface area contributed by atoms with Gasteiger partial charge >= 0.3 is 20.8 Å². The molecule has 32 heteroatoms. The maximum Gasteiger partial charge on any atom is 0.397 e. The standard InChI is InChI=1S/C30H33N5O21S6/c1-16-11-21(23(53-3)15-24(16)58(39,40)10-8-56-62(50,51)52)32-34-27-19-14-25(59(41,42)43)28(29(36)18(19)5-6-20(27)31-2)35-33-22-12-17(13-26(30(22)54-4)60(44,45)46)57(37,38)9-7-55-61(47,48)49/h5-6,11-15,31,36H,7-10H2,1-4H3,(H,41,42,43)(H,44,45,46)(H,47,48,49)(H,50,51,52). The lowest BCUT2D eigenvalue weighted by molar-refractivity contribution is 0.282. The number of aromatic hydroxyl groups is 1. The molecule has 0 aliphatic heterocycles. The number of benzene rings is 4. The molecular formula is C30H33N5O21S6. The Kier molecular flexibility index (Phi) is 14.7. The lowest BCUT2D eigenvalue weighted by Gasteiger charge is -2.14. The molecule has 0 heterocycles. The molecule has 0 saturated heterocycles. The third-order valence-electron chi connectivity index (χ3n) is 8.10. The Hall–Kier alpha value is -5.00. The first-order chi connectivity index (χ1) is 28.4. The number of rotatable bonds is 19. The van der Waals surface area contributed by atoms with Gasteiger partial charge in [0.25, 0.3) is 20.2 Å². The highest BCUT2D eigenvalue weighted by atomic mass is 32.3. The van der Waals surface area contributed by atoms with Crippen LogP contribution >= 0.6 is 0 Å². The van der Waals surface area contributed by atoms with E-state index >= 15 is 0 Å². The Morgan fingerprint density at radius 2 is 1.15 bits per heavy atom. The highest BCUT2D eigenvalue weighted by molar-refractivity contribution is 7.92. The molecule has 26 nitrogen and oxygen atoms in total. The Balaban J connectivity index is 1.92. The molecule has 0 aliphatic carbocycles. The lowest BCUT2D eigenvalue weighted by Crippen LogP contribution is -2.16. The van der Waals surface area contributed by atoms with E-state index in [0.717, 1.165) is 26.4 Å². The molecule has 0 spiro atoms. The number of anilines is 1.